The maximum absolute atomic E-state index is 12.8. The van der Waals surface area contributed by atoms with E-state index in [9.17, 15) is 9.18 Å². The Morgan fingerprint density at radius 2 is 2.00 bits per heavy atom. The minimum absolute atomic E-state index is 0.0508. The van der Waals surface area contributed by atoms with Crippen LogP contribution in [-0.2, 0) is 17.9 Å². The summed E-state index contributed by atoms with van der Waals surface area (Å²) in [5, 5.41) is 8.25. The topological polar surface area (TPSA) is 46.9 Å². The van der Waals surface area contributed by atoms with E-state index in [4.69, 9.17) is 0 Å². The molecule has 0 saturated heterocycles. The molecule has 0 bridgehead atoms. The fourth-order valence-corrected chi connectivity index (χ4v) is 2.48. The normalized spacial score (nSPS) is 10.9. The zero-order valence-corrected chi connectivity index (χ0v) is 12.9. The molecule has 0 aliphatic heterocycles. The summed E-state index contributed by atoms with van der Waals surface area (Å²) in [7, 11) is 0. The maximum Gasteiger partial charge on any atom is 0.222 e. The van der Waals surface area contributed by atoms with Gasteiger partial charge in [0.05, 0.1) is 18.3 Å². The maximum atomic E-state index is 12.8. The van der Waals surface area contributed by atoms with Crippen molar-refractivity contribution in [3.8, 4) is 0 Å². The van der Waals surface area contributed by atoms with Crippen LogP contribution in [0, 0.1) is 12.7 Å². The van der Waals surface area contributed by atoms with Crippen molar-refractivity contribution in [3.05, 3.63) is 65.6 Å². The smallest absolute Gasteiger partial charge is 0.222 e. The highest BCUT2D eigenvalue weighted by molar-refractivity contribution is 5.80. The monoisotopic (exact) mass is 311 g/mol. The lowest BCUT2D eigenvalue weighted by atomic mass is 10.2. The van der Waals surface area contributed by atoms with Gasteiger partial charge in [-0.05, 0) is 36.8 Å². The molecule has 4 nitrogen and oxygen atoms in total. The van der Waals surface area contributed by atoms with Crippen molar-refractivity contribution < 1.29 is 9.18 Å². The van der Waals surface area contributed by atoms with E-state index in [1.54, 1.807) is 12.1 Å². The first-order chi connectivity index (χ1) is 11.1. The van der Waals surface area contributed by atoms with E-state index >= 15 is 0 Å². The Labute approximate surface area is 133 Å². The number of nitrogens with zero attached hydrogens (tertiary/aromatic N) is 2. The molecule has 2 aromatic carbocycles. The molecule has 0 aliphatic carbocycles. The Kier molecular flexibility index (Phi) is 4.37. The second-order valence-electron chi connectivity index (χ2n) is 5.58. The van der Waals surface area contributed by atoms with Crippen LogP contribution in [0.1, 0.15) is 17.5 Å². The van der Waals surface area contributed by atoms with Crippen molar-refractivity contribution in [1.82, 2.24) is 15.1 Å². The number of aromatic nitrogens is 2. The Morgan fingerprint density at radius 3 is 2.78 bits per heavy atom. The van der Waals surface area contributed by atoms with Crippen LogP contribution in [-0.4, -0.2) is 15.7 Å². The third kappa shape index (κ3) is 3.74. The van der Waals surface area contributed by atoms with Crippen molar-refractivity contribution in [2.45, 2.75) is 26.4 Å². The minimum Gasteiger partial charge on any atom is -0.352 e. The zero-order chi connectivity index (χ0) is 16.2. The lowest BCUT2D eigenvalue weighted by Crippen LogP contribution is -2.24. The summed E-state index contributed by atoms with van der Waals surface area (Å²) in [5.74, 6) is -0.328. The summed E-state index contributed by atoms with van der Waals surface area (Å²) >= 11 is 0. The van der Waals surface area contributed by atoms with Crippen molar-refractivity contribution in [1.29, 1.82) is 0 Å². The number of hydrogen-bond acceptors (Lipinski definition) is 2. The summed E-state index contributed by atoms with van der Waals surface area (Å²) in [4.78, 5) is 11.9. The van der Waals surface area contributed by atoms with E-state index in [0.717, 1.165) is 16.5 Å². The van der Waals surface area contributed by atoms with Gasteiger partial charge in [-0.3, -0.25) is 9.48 Å². The summed E-state index contributed by atoms with van der Waals surface area (Å²) in [6.45, 7) is 2.97. The number of halogens is 1. The average molecular weight is 311 g/mol. The van der Waals surface area contributed by atoms with Gasteiger partial charge in [-0.25, -0.2) is 4.39 Å². The van der Waals surface area contributed by atoms with Crippen LogP contribution in [0.2, 0.25) is 0 Å². The Morgan fingerprint density at radius 1 is 1.22 bits per heavy atom. The predicted molar refractivity (Wildman–Crippen MR) is 87.3 cm³/mol. The van der Waals surface area contributed by atoms with Gasteiger partial charge in [-0.2, -0.15) is 5.10 Å². The largest absolute Gasteiger partial charge is 0.352 e. The van der Waals surface area contributed by atoms with E-state index in [1.165, 1.54) is 17.7 Å². The Hall–Kier alpha value is -2.69. The minimum atomic E-state index is -0.277. The molecular formula is C18H18FN3O. The fourth-order valence-electron chi connectivity index (χ4n) is 2.48. The summed E-state index contributed by atoms with van der Waals surface area (Å²) < 4.78 is 14.7. The average Bonchev–Trinajstić information content (AvgIpc) is 2.94. The van der Waals surface area contributed by atoms with E-state index < -0.39 is 0 Å². The standard InChI is InChI=1S/C18H18FN3O/c1-13-2-7-17-15(10-13)12-21-22(17)9-8-18(23)20-11-14-3-5-16(19)6-4-14/h2-7,10,12H,8-9,11H2,1H3,(H,20,23). The summed E-state index contributed by atoms with van der Waals surface area (Å²) in [5.41, 5.74) is 3.09. The van der Waals surface area contributed by atoms with Crippen LogP contribution in [0.4, 0.5) is 4.39 Å². The number of hydrogen-bond donors (Lipinski definition) is 1. The molecular weight excluding hydrogens is 293 g/mol. The Bertz CT molecular complexity index is 824. The van der Waals surface area contributed by atoms with Gasteiger partial charge in [0.1, 0.15) is 5.82 Å². The number of nitrogens with one attached hydrogen (secondary N) is 1. The van der Waals surface area contributed by atoms with Crippen LogP contribution in [0.15, 0.2) is 48.7 Å². The van der Waals surface area contributed by atoms with E-state index in [2.05, 4.69) is 16.5 Å². The highest BCUT2D eigenvalue weighted by atomic mass is 19.1. The second kappa shape index (κ2) is 6.60. The third-order valence-electron chi connectivity index (χ3n) is 3.75. The highest BCUT2D eigenvalue weighted by Crippen LogP contribution is 2.15. The Balaban J connectivity index is 1.54. The summed E-state index contributed by atoms with van der Waals surface area (Å²) in [6.07, 6.45) is 2.17. The lowest BCUT2D eigenvalue weighted by molar-refractivity contribution is -0.121. The number of carbonyl (C=O) groups is 1. The number of aryl methyl sites for hydroxylation is 2. The molecule has 1 amide bonds. The van der Waals surface area contributed by atoms with Gasteiger partial charge in [-0.1, -0.05) is 23.8 Å². The van der Waals surface area contributed by atoms with E-state index in [1.807, 2.05) is 29.9 Å². The first-order valence-electron chi connectivity index (χ1n) is 7.55. The van der Waals surface area contributed by atoms with Crippen LogP contribution >= 0.6 is 0 Å². The first kappa shape index (κ1) is 15.2. The molecule has 3 rings (SSSR count). The molecule has 0 saturated carbocycles. The molecule has 0 atom stereocenters. The lowest BCUT2D eigenvalue weighted by Gasteiger charge is -2.06. The van der Waals surface area contributed by atoms with Crippen molar-refractivity contribution in [2.24, 2.45) is 0 Å². The van der Waals surface area contributed by atoms with Crippen LogP contribution in [0.5, 0.6) is 0 Å². The van der Waals surface area contributed by atoms with Crippen LogP contribution in [0.3, 0.4) is 0 Å². The van der Waals surface area contributed by atoms with Crippen LogP contribution in [0.25, 0.3) is 10.9 Å². The van der Waals surface area contributed by atoms with Crippen molar-refractivity contribution in [3.63, 3.8) is 0 Å². The van der Waals surface area contributed by atoms with Crippen LogP contribution < -0.4 is 5.32 Å². The van der Waals surface area contributed by atoms with Gasteiger partial charge in [0, 0.05) is 18.4 Å². The predicted octanol–water partition coefficient (Wildman–Crippen LogP) is 3.19. The van der Waals surface area contributed by atoms with Crippen molar-refractivity contribution >= 4 is 16.8 Å². The number of fused-ring (bicyclic) bond motifs is 1. The molecule has 0 fully saturated rings. The molecule has 1 N–H and O–H groups in total. The van der Waals surface area contributed by atoms with Gasteiger partial charge in [0.15, 0.2) is 0 Å². The van der Waals surface area contributed by atoms with Gasteiger partial charge >= 0.3 is 0 Å². The molecule has 0 unspecified atom stereocenters. The number of benzene rings is 2. The molecule has 118 valence electrons. The molecule has 3 aromatic rings. The van der Waals surface area contributed by atoms with Crippen molar-refractivity contribution in [2.75, 3.05) is 0 Å². The van der Waals surface area contributed by atoms with E-state index in [-0.39, 0.29) is 11.7 Å². The molecule has 0 radical (unpaired) electrons. The molecule has 0 spiro atoms. The molecule has 23 heavy (non-hydrogen) atoms. The number of amides is 1. The second-order valence-corrected chi connectivity index (χ2v) is 5.58. The van der Waals surface area contributed by atoms with Gasteiger partial charge < -0.3 is 5.32 Å². The third-order valence-corrected chi connectivity index (χ3v) is 3.75. The van der Waals surface area contributed by atoms with Gasteiger partial charge in [0.25, 0.3) is 0 Å². The fraction of sp³-hybridized carbons (Fsp3) is 0.222. The molecule has 0 aliphatic rings. The molecule has 1 aromatic heterocycles. The molecule has 5 heteroatoms. The number of carbonyl (C=O) groups excluding carboxylic acids is 1. The first-order valence-corrected chi connectivity index (χ1v) is 7.55. The molecule has 1 heterocycles. The van der Waals surface area contributed by atoms with Gasteiger partial charge in [-0.15, -0.1) is 0 Å². The van der Waals surface area contributed by atoms with Gasteiger partial charge in [0.2, 0.25) is 5.91 Å². The summed E-state index contributed by atoms with van der Waals surface area (Å²) in [6, 6.07) is 12.2. The highest BCUT2D eigenvalue weighted by Gasteiger charge is 2.06. The quantitative estimate of drug-likeness (QED) is 0.786. The number of rotatable bonds is 5. The van der Waals surface area contributed by atoms with E-state index in [0.29, 0.717) is 19.5 Å². The zero-order valence-electron chi connectivity index (χ0n) is 12.9. The SMILES string of the molecule is Cc1ccc2c(cnn2CCC(=O)NCc2ccc(F)cc2)c1.